The maximum atomic E-state index is 12.0. The van der Waals surface area contributed by atoms with Gasteiger partial charge in [0.05, 0.1) is 17.9 Å². The summed E-state index contributed by atoms with van der Waals surface area (Å²) >= 11 is 1.57. The van der Waals surface area contributed by atoms with Crippen LogP contribution in [0.4, 0.5) is 11.4 Å². The van der Waals surface area contributed by atoms with Crippen molar-refractivity contribution in [2.24, 2.45) is 0 Å². The molecule has 3 rings (SSSR count). The number of thiophene rings is 1. The molecule has 1 aliphatic heterocycles. The maximum absolute atomic E-state index is 12.0. The summed E-state index contributed by atoms with van der Waals surface area (Å²) in [7, 11) is -0.983. The van der Waals surface area contributed by atoms with Crippen molar-refractivity contribution in [3.63, 3.8) is 0 Å². The number of hydrogen-bond donors (Lipinski definition) is 1. The quantitative estimate of drug-likeness (QED) is 0.885. The zero-order valence-electron chi connectivity index (χ0n) is 13.4. The molecule has 24 heavy (non-hydrogen) atoms. The smallest absolute Gasteiger partial charge is 0.229 e. The standard InChI is InChI=1S/C17H20N2O3S2/c1-19(15-8-10-24(21,22)12-15)14-6-4-13(5-7-14)18-17(20)11-16-3-2-9-23-16/h2-7,9,15H,8,10-12H2,1H3,(H,18,20). The third-order valence-corrected chi connectivity index (χ3v) is 6.86. The van der Waals surface area contributed by atoms with Gasteiger partial charge in [-0.25, -0.2) is 8.42 Å². The van der Waals surface area contributed by atoms with Crippen LogP contribution in [-0.2, 0) is 21.1 Å². The fourth-order valence-electron chi connectivity index (χ4n) is 2.85. The highest BCUT2D eigenvalue weighted by atomic mass is 32.2. The number of carbonyl (C=O) groups excluding carboxylic acids is 1. The SMILES string of the molecule is CN(c1ccc(NC(=O)Cc2cccs2)cc1)C1CCS(=O)(=O)C1. The summed E-state index contributed by atoms with van der Waals surface area (Å²) in [5.41, 5.74) is 1.70. The summed E-state index contributed by atoms with van der Waals surface area (Å²) in [5, 5.41) is 4.84. The molecule has 0 saturated carbocycles. The molecule has 1 aromatic carbocycles. The molecule has 1 aromatic heterocycles. The van der Waals surface area contributed by atoms with Crippen LogP contribution in [0.5, 0.6) is 0 Å². The van der Waals surface area contributed by atoms with E-state index < -0.39 is 9.84 Å². The van der Waals surface area contributed by atoms with Crippen molar-refractivity contribution in [2.45, 2.75) is 18.9 Å². The molecule has 128 valence electrons. The Morgan fingerprint density at radius 1 is 1.29 bits per heavy atom. The summed E-state index contributed by atoms with van der Waals surface area (Å²) in [6, 6.07) is 11.4. The first kappa shape index (κ1) is 17.0. The van der Waals surface area contributed by atoms with Crippen LogP contribution in [0.2, 0.25) is 0 Å². The van der Waals surface area contributed by atoms with Gasteiger partial charge in [0.15, 0.2) is 9.84 Å². The van der Waals surface area contributed by atoms with Gasteiger partial charge in [0.2, 0.25) is 5.91 Å². The van der Waals surface area contributed by atoms with Gasteiger partial charge in [0, 0.05) is 29.3 Å². The molecule has 1 N–H and O–H groups in total. The van der Waals surface area contributed by atoms with E-state index in [1.165, 1.54) is 0 Å². The number of anilines is 2. The molecule has 1 unspecified atom stereocenters. The molecule has 1 saturated heterocycles. The van der Waals surface area contributed by atoms with Crippen molar-refractivity contribution in [1.82, 2.24) is 0 Å². The van der Waals surface area contributed by atoms with E-state index in [4.69, 9.17) is 0 Å². The lowest BCUT2D eigenvalue weighted by molar-refractivity contribution is -0.115. The van der Waals surface area contributed by atoms with E-state index in [9.17, 15) is 13.2 Å². The van der Waals surface area contributed by atoms with Crippen molar-refractivity contribution in [3.8, 4) is 0 Å². The van der Waals surface area contributed by atoms with Crippen molar-refractivity contribution < 1.29 is 13.2 Å². The predicted molar refractivity (Wildman–Crippen MR) is 98.6 cm³/mol. The molecular weight excluding hydrogens is 344 g/mol. The number of nitrogens with zero attached hydrogens (tertiary/aromatic N) is 1. The topological polar surface area (TPSA) is 66.5 Å². The molecule has 1 atom stereocenters. The van der Waals surface area contributed by atoms with E-state index in [1.54, 1.807) is 11.3 Å². The van der Waals surface area contributed by atoms with Gasteiger partial charge in [-0.05, 0) is 42.1 Å². The first-order chi connectivity index (χ1) is 11.4. The Morgan fingerprint density at radius 2 is 2.04 bits per heavy atom. The van der Waals surface area contributed by atoms with Crippen LogP contribution in [0.1, 0.15) is 11.3 Å². The number of nitrogens with one attached hydrogen (secondary N) is 1. The Morgan fingerprint density at radius 3 is 2.62 bits per heavy atom. The third-order valence-electron chi connectivity index (χ3n) is 4.23. The van der Waals surface area contributed by atoms with E-state index in [0.717, 1.165) is 16.3 Å². The molecule has 1 fully saturated rings. The molecule has 5 nitrogen and oxygen atoms in total. The van der Waals surface area contributed by atoms with Crippen molar-refractivity contribution in [1.29, 1.82) is 0 Å². The van der Waals surface area contributed by atoms with Gasteiger partial charge in [-0.1, -0.05) is 6.07 Å². The number of sulfone groups is 1. The number of carbonyl (C=O) groups is 1. The monoisotopic (exact) mass is 364 g/mol. The van der Waals surface area contributed by atoms with Gasteiger partial charge in [-0.3, -0.25) is 4.79 Å². The lowest BCUT2D eigenvalue weighted by Crippen LogP contribution is -2.32. The van der Waals surface area contributed by atoms with Gasteiger partial charge in [0.25, 0.3) is 0 Å². The van der Waals surface area contributed by atoms with Gasteiger partial charge >= 0.3 is 0 Å². The first-order valence-corrected chi connectivity index (χ1v) is 10.5. The summed E-state index contributed by atoms with van der Waals surface area (Å²) < 4.78 is 23.2. The Hall–Kier alpha value is -1.86. The van der Waals surface area contributed by atoms with Crippen LogP contribution in [0.15, 0.2) is 41.8 Å². The summed E-state index contributed by atoms with van der Waals surface area (Å²) in [4.78, 5) is 15.0. The second-order valence-electron chi connectivity index (χ2n) is 6.02. The van der Waals surface area contributed by atoms with Gasteiger partial charge in [-0.15, -0.1) is 11.3 Å². The second-order valence-corrected chi connectivity index (χ2v) is 9.28. The lowest BCUT2D eigenvalue weighted by Gasteiger charge is -2.25. The van der Waals surface area contributed by atoms with Crippen LogP contribution in [-0.4, -0.2) is 38.9 Å². The molecule has 1 aliphatic rings. The van der Waals surface area contributed by atoms with E-state index >= 15 is 0 Å². The van der Waals surface area contributed by atoms with E-state index in [-0.39, 0.29) is 23.5 Å². The lowest BCUT2D eigenvalue weighted by atomic mass is 10.2. The van der Waals surface area contributed by atoms with Crippen molar-refractivity contribution in [2.75, 3.05) is 28.8 Å². The van der Waals surface area contributed by atoms with Crippen LogP contribution >= 0.6 is 11.3 Å². The molecule has 0 bridgehead atoms. The highest BCUT2D eigenvalue weighted by Crippen LogP contribution is 2.24. The largest absolute Gasteiger partial charge is 0.371 e. The summed E-state index contributed by atoms with van der Waals surface area (Å²) in [6.07, 6.45) is 1.04. The number of amides is 1. The van der Waals surface area contributed by atoms with E-state index in [1.807, 2.05) is 53.7 Å². The van der Waals surface area contributed by atoms with Crippen LogP contribution in [0.25, 0.3) is 0 Å². The molecular formula is C17H20N2O3S2. The Bertz CT molecular complexity index is 799. The zero-order valence-corrected chi connectivity index (χ0v) is 15.1. The number of benzene rings is 1. The molecule has 0 radical (unpaired) electrons. The van der Waals surface area contributed by atoms with Gasteiger partial charge in [0.1, 0.15) is 0 Å². The van der Waals surface area contributed by atoms with Gasteiger partial charge < -0.3 is 10.2 Å². The maximum Gasteiger partial charge on any atom is 0.229 e. The summed E-state index contributed by atoms with van der Waals surface area (Å²) in [5.74, 6) is 0.433. The van der Waals surface area contributed by atoms with E-state index in [2.05, 4.69) is 5.32 Å². The minimum absolute atomic E-state index is 0.0225. The fraction of sp³-hybridized carbons (Fsp3) is 0.353. The number of hydrogen-bond acceptors (Lipinski definition) is 5. The highest BCUT2D eigenvalue weighted by molar-refractivity contribution is 7.91. The number of rotatable bonds is 5. The minimum atomic E-state index is -2.90. The Balaban J connectivity index is 1.60. The Kier molecular flexibility index (Phi) is 4.91. The van der Waals surface area contributed by atoms with Crippen LogP contribution < -0.4 is 10.2 Å². The van der Waals surface area contributed by atoms with Gasteiger partial charge in [-0.2, -0.15) is 0 Å². The first-order valence-electron chi connectivity index (χ1n) is 7.78. The van der Waals surface area contributed by atoms with E-state index in [0.29, 0.717) is 12.8 Å². The van der Waals surface area contributed by atoms with Crippen LogP contribution in [0.3, 0.4) is 0 Å². The average Bonchev–Trinajstić information content (AvgIpc) is 3.16. The molecule has 0 spiro atoms. The normalized spacial score (nSPS) is 19.1. The minimum Gasteiger partial charge on any atom is -0.371 e. The molecule has 0 aliphatic carbocycles. The van der Waals surface area contributed by atoms with Crippen LogP contribution in [0, 0.1) is 0 Å². The molecule has 7 heteroatoms. The average molecular weight is 364 g/mol. The Labute approximate surface area is 146 Å². The summed E-state index contributed by atoms with van der Waals surface area (Å²) in [6.45, 7) is 0. The third kappa shape index (κ3) is 4.15. The molecule has 2 heterocycles. The molecule has 1 amide bonds. The van der Waals surface area contributed by atoms with Crippen molar-refractivity contribution in [3.05, 3.63) is 46.7 Å². The zero-order chi connectivity index (χ0) is 17.2. The fourth-order valence-corrected chi connectivity index (χ4v) is 5.33. The predicted octanol–water partition coefficient (Wildman–Crippen LogP) is 2.55. The highest BCUT2D eigenvalue weighted by Gasteiger charge is 2.30. The van der Waals surface area contributed by atoms with Crippen molar-refractivity contribution >= 4 is 38.5 Å². The second kappa shape index (κ2) is 6.94. The molecule has 2 aromatic rings.